The number of nitrogens with zero attached hydrogens (tertiary/aromatic N) is 1. The summed E-state index contributed by atoms with van der Waals surface area (Å²) in [6.45, 7) is 0. The first-order valence-corrected chi connectivity index (χ1v) is 8.33. The molecule has 1 heterocycles. The number of hydrogen-bond donors (Lipinski definition) is 1. The SMILES string of the molecule is O=C1NC(=O)N(C2CC3CCC2C3)C(=O)C1C1CCCC1. The van der Waals surface area contributed by atoms with Gasteiger partial charge in [0.15, 0.2) is 0 Å². The van der Waals surface area contributed by atoms with Crippen LogP contribution in [0.2, 0.25) is 0 Å². The molecule has 0 spiro atoms. The van der Waals surface area contributed by atoms with Gasteiger partial charge in [0.2, 0.25) is 11.8 Å². The van der Waals surface area contributed by atoms with Crippen LogP contribution >= 0.6 is 0 Å². The number of urea groups is 1. The Balaban J connectivity index is 1.59. The van der Waals surface area contributed by atoms with Gasteiger partial charge in [-0.25, -0.2) is 4.79 Å². The fourth-order valence-electron chi connectivity index (χ4n) is 5.15. The molecule has 0 aromatic carbocycles. The molecule has 5 nitrogen and oxygen atoms in total. The number of nitrogens with one attached hydrogen (secondary N) is 1. The number of fused-ring (bicyclic) bond motifs is 2. The molecule has 1 aliphatic heterocycles. The minimum atomic E-state index is -0.621. The molecule has 0 aromatic heterocycles. The van der Waals surface area contributed by atoms with Gasteiger partial charge in [-0.2, -0.15) is 0 Å². The molecular formula is C16H22N2O3. The maximum atomic E-state index is 12.8. The number of carbonyl (C=O) groups is 3. The van der Waals surface area contributed by atoms with E-state index in [4.69, 9.17) is 0 Å². The molecule has 4 unspecified atom stereocenters. The Hall–Kier alpha value is -1.39. The Labute approximate surface area is 124 Å². The molecule has 0 aromatic rings. The molecule has 4 fully saturated rings. The standard InChI is InChI=1S/C16H22N2O3/c19-14-13(10-3-1-2-4-10)15(20)18(16(21)17-14)12-8-9-5-6-11(12)7-9/h9-13H,1-8H2,(H,17,19,21). The molecule has 21 heavy (non-hydrogen) atoms. The lowest BCUT2D eigenvalue weighted by atomic mass is 9.85. The molecule has 3 aliphatic carbocycles. The van der Waals surface area contributed by atoms with E-state index < -0.39 is 11.9 Å². The zero-order valence-corrected chi connectivity index (χ0v) is 12.2. The van der Waals surface area contributed by atoms with Gasteiger partial charge in [-0.15, -0.1) is 0 Å². The lowest BCUT2D eigenvalue weighted by Gasteiger charge is -2.39. The Morgan fingerprint density at radius 3 is 2.29 bits per heavy atom. The van der Waals surface area contributed by atoms with Gasteiger partial charge in [-0.05, 0) is 49.9 Å². The van der Waals surface area contributed by atoms with E-state index in [1.165, 1.54) is 11.3 Å². The Bertz CT molecular complexity index is 498. The van der Waals surface area contributed by atoms with E-state index in [0.29, 0.717) is 11.8 Å². The van der Waals surface area contributed by atoms with Crippen LogP contribution in [0.25, 0.3) is 0 Å². The van der Waals surface area contributed by atoms with Crippen LogP contribution in [-0.2, 0) is 9.59 Å². The quantitative estimate of drug-likeness (QED) is 0.792. The van der Waals surface area contributed by atoms with Gasteiger partial charge < -0.3 is 0 Å². The average Bonchev–Trinajstić information content (AvgIpc) is 3.15. The molecule has 4 atom stereocenters. The van der Waals surface area contributed by atoms with Crippen molar-refractivity contribution < 1.29 is 14.4 Å². The third-order valence-corrected chi connectivity index (χ3v) is 6.14. The van der Waals surface area contributed by atoms with Gasteiger partial charge in [0.05, 0.1) is 0 Å². The van der Waals surface area contributed by atoms with Crippen LogP contribution in [0.4, 0.5) is 4.79 Å². The molecule has 4 aliphatic rings. The molecule has 4 amide bonds. The number of imide groups is 2. The van der Waals surface area contributed by atoms with Gasteiger partial charge in [0.1, 0.15) is 5.92 Å². The van der Waals surface area contributed by atoms with Crippen molar-refractivity contribution in [1.29, 1.82) is 0 Å². The molecule has 3 saturated carbocycles. The smallest absolute Gasteiger partial charge is 0.277 e. The molecule has 114 valence electrons. The third kappa shape index (κ3) is 2.00. The molecule has 2 bridgehead atoms. The minimum Gasteiger partial charge on any atom is -0.277 e. The summed E-state index contributed by atoms with van der Waals surface area (Å²) in [5.41, 5.74) is 0. The molecule has 0 radical (unpaired) electrons. The first-order valence-electron chi connectivity index (χ1n) is 8.33. The van der Waals surface area contributed by atoms with E-state index in [1.54, 1.807) is 0 Å². The van der Waals surface area contributed by atoms with E-state index in [9.17, 15) is 14.4 Å². The summed E-state index contributed by atoms with van der Waals surface area (Å²) in [5.74, 6) is 0.0609. The number of carbonyl (C=O) groups excluding carboxylic acids is 3. The number of rotatable bonds is 2. The van der Waals surface area contributed by atoms with Crippen LogP contribution in [0.15, 0.2) is 0 Å². The van der Waals surface area contributed by atoms with Crippen molar-refractivity contribution in [3.8, 4) is 0 Å². The second-order valence-corrected chi connectivity index (χ2v) is 7.27. The summed E-state index contributed by atoms with van der Waals surface area (Å²) in [7, 11) is 0. The Kier molecular flexibility index (Phi) is 3.05. The van der Waals surface area contributed by atoms with Crippen molar-refractivity contribution in [3.05, 3.63) is 0 Å². The van der Waals surface area contributed by atoms with E-state index in [2.05, 4.69) is 5.32 Å². The average molecular weight is 290 g/mol. The fourth-order valence-corrected chi connectivity index (χ4v) is 5.15. The van der Waals surface area contributed by atoms with Crippen LogP contribution in [-0.4, -0.2) is 28.8 Å². The number of barbiturate groups is 1. The van der Waals surface area contributed by atoms with E-state index in [1.807, 2.05) is 0 Å². The van der Waals surface area contributed by atoms with Crippen molar-refractivity contribution in [2.24, 2.45) is 23.7 Å². The molecular weight excluding hydrogens is 268 g/mol. The summed E-state index contributed by atoms with van der Waals surface area (Å²) >= 11 is 0. The highest BCUT2D eigenvalue weighted by atomic mass is 16.2. The summed E-state index contributed by atoms with van der Waals surface area (Å²) in [6, 6.07) is -0.440. The van der Waals surface area contributed by atoms with Crippen LogP contribution in [0.1, 0.15) is 51.4 Å². The predicted molar refractivity (Wildman–Crippen MR) is 75.1 cm³/mol. The zero-order valence-electron chi connectivity index (χ0n) is 12.2. The van der Waals surface area contributed by atoms with Crippen molar-refractivity contribution in [3.63, 3.8) is 0 Å². The number of amides is 4. The fraction of sp³-hybridized carbons (Fsp3) is 0.812. The van der Waals surface area contributed by atoms with Crippen molar-refractivity contribution in [2.75, 3.05) is 0 Å². The summed E-state index contributed by atoms with van der Waals surface area (Å²) in [6.07, 6.45) is 8.47. The van der Waals surface area contributed by atoms with Crippen molar-refractivity contribution in [2.45, 2.75) is 57.4 Å². The van der Waals surface area contributed by atoms with Crippen LogP contribution < -0.4 is 5.32 Å². The zero-order chi connectivity index (χ0) is 14.6. The van der Waals surface area contributed by atoms with Crippen LogP contribution in [0.3, 0.4) is 0 Å². The summed E-state index contributed by atoms with van der Waals surface area (Å²) < 4.78 is 0. The van der Waals surface area contributed by atoms with Gasteiger partial charge in [0, 0.05) is 6.04 Å². The van der Waals surface area contributed by atoms with Gasteiger partial charge in [-0.3, -0.25) is 19.8 Å². The Morgan fingerprint density at radius 1 is 0.905 bits per heavy atom. The van der Waals surface area contributed by atoms with Crippen LogP contribution in [0, 0.1) is 23.7 Å². The lowest BCUT2D eigenvalue weighted by Crippen LogP contribution is -2.63. The second kappa shape index (κ2) is 4.82. The largest absolute Gasteiger partial charge is 0.331 e. The van der Waals surface area contributed by atoms with Crippen LogP contribution in [0.5, 0.6) is 0 Å². The van der Waals surface area contributed by atoms with Crippen molar-refractivity contribution in [1.82, 2.24) is 10.2 Å². The van der Waals surface area contributed by atoms with Gasteiger partial charge in [0.25, 0.3) is 0 Å². The number of hydrogen-bond acceptors (Lipinski definition) is 3. The highest BCUT2D eigenvalue weighted by Crippen LogP contribution is 2.47. The summed E-state index contributed by atoms with van der Waals surface area (Å²) in [4.78, 5) is 38.6. The van der Waals surface area contributed by atoms with Crippen molar-refractivity contribution >= 4 is 17.8 Å². The molecule has 4 rings (SSSR count). The molecule has 1 N–H and O–H groups in total. The maximum Gasteiger partial charge on any atom is 0.331 e. The second-order valence-electron chi connectivity index (χ2n) is 7.27. The maximum absolute atomic E-state index is 12.8. The predicted octanol–water partition coefficient (Wildman–Crippen LogP) is 2.06. The molecule has 1 saturated heterocycles. The molecule has 5 heteroatoms. The highest BCUT2D eigenvalue weighted by molar-refractivity contribution is 6.16. The van der Waals surface area contributed by atoms with E-state index in [-0.39, 0.29) is 23.8 Å². The van der Waals surface area contributed by atoms with Gasteiger partial charge >= 0.3 is 6.03 Å². The minimum absolute atomic E-state index is 0.0354. The first kappa shape index (κ1) is 13.3. The lowest BCUT2D eigenvalue weighted by molar-refractivity contribution is -0.147. The third-order valence-electron chi connectivity index (χ3n) is 6.14. The van der Waals surface area contributed by atoms with Gasteiger partial charge in [-0.1, -0.05) is 19.3 Å². The Morgan fingerprint density at radius 2 is 1.67 bits per heavy atom. The monoisotopic (exact) mass is 290 g/mol. The highest BCUT2D eigenvalue weighted by Gasteiger charge is 2.52. The first-order chi connectivity index (χ1) is 10.1. The van der Waals surface area contributed by atoms with E-state index in [0.717, 1.165) is 44.9 Å². The topological polar surface area (TPSA) is 66.5 Å². The normalized spacial score (nSPS) is 40.2. The summed E-state index contributed by atoms with van der Waals surface area (Å²) in [5, 5.41) is 2.45. The van der Waals surface area contributed by atoms with E-state index >= 15 is 0 Å².